The van der Waals surface area contributed by atoms with Crippen LogP contribution in [0.4, 0.5) is 0 Å². The minimum atomic E-state index is -0.709. The van der Waals surface area contributed by atoms with Gasteiger partial charge in [-0.15, -0.1) is 0 Å². The van der Waals surface area contributed by atoms with Crippen LogP contribution in [-0.2, 0) is 16.6 Å². The summed E-state index contributed by atoms with van der Waals surface area (Å²) in [7, 11) is 0. The number of phenols is 1. The lowest BCUT2D eigenvalue weighted by atomic mass is 9.59. The summed E-state index contributed by atoms with van der Waals surface area (Å²) in [6.45, 7) is 6.50. The number of fused-ring (bicyclic) bond motifs is 4. The molecular weight excluding hydrogens is 278 g/mol. The van der Waals surface area contributed by atoms with E-state index in [1.54, 1.807) is 6.07 Å². The number of piperidine rings is 1. The molecule has 1 unspecified atom stereocenters. The molecule has 1 aromatic carbocycles. The first-order chi connectivity index (χ1) is 10.4. The Bertz CT molecular complexity index is 586. The molecule has 22 heavy (non-hydrogen) atoms. The van der Waals surface area contributed by atoms with Gasteiger partial charge in [0.1, 0.15) is 5.75 Å². The molecule has 1 aromatic rings. The van der Waals surface area contributed by atoms with Gasteiger partial charge < -0.3 is 10.2 Å². The van der Waals surface area contributed by atoms with Crippen molar-refractivity contribution >= 4 is 5.97 Å². The lowest BCUT2D eigenvalue weighted by Crippen LogP contribution is -2.58. The second kappa shape index (κ2) is 5.58. The van der Waals surface area contributed by atoms with Crippen LogP contribution in [0.3, 0.4) is 0 Å². The number of hydrogen-bond donors (Lipinski definition) is 2. The molecule has 1 heterocycles. The van der Waals surface area contributed by atoms with E-state index in [0.29, 0.717) is 17.7 Å². The van der Waals surface area contributed by atoms with E-state index in [4.69, 9.17) is 5.11 Å². The minimum absolute atomic E-state index is 0.111. The maximum Gasteiger partial charge on any atom is 0.303 e. The van der Waals surface area contributed by atoms with Crippen molar-refractivity contribution in [1.29, 1.82) is 0 Å². The van der Waals surface area contributed by atoms with Crippen molar-refractivity contribution in [3.8, 4) is 5.75 Å². The average Bonchev–Trinajstić information content (AvgIpc) is 2.46. The number of nitrogens with zero attached hydrogens (tertiary/aromatic N) is 1. The number of carboxylic acids is 1. The quantitative estimate of drug-likeness (QED) is 0.898. The van der Waals surface area contributed by atoms with Crippen molar-refractivity contribution < 1.29 is 15.0 Å². The largest absolute Gasteiger partial charge is 0.508 e. The van der Waals surface area contributed by atoms with Gasteiger partial charge in [0, 0.05) is 12.5 Å². The molecule has 4 nitrogen and oxygen atoms in total. The summed E-state index contributed by atoms with van der Waals surface area (Å²) in [6.07, 6.45) is 3.03. The van der Waals surface area contributed by atoms with Gasteiger partial charge >= 0.3 is 5.97 Å². The van der Waals surface area contributed by atoms with E-state index in [9.17, 15) is 9.90 Å². The summed E-state index contributed by atoms with van der Waals surface area (Å²) in [6, 6.07) is 6.26. The first kappa shape index (κ1) is 15.3. The summed E-state index contributed by atoms with van der Waals surface area (Å²) < 4.78 is 0. The number of hydrogen-bond acceptors (Lipinski definition) is 3. The molecule has 1 saturated heterocycles. The molecule has 0 amide bonds. The Labute approximate surface area is 131 Å². The molecule has 0 radical (unpaired) electrons. The highest BCUT2D eigenvalue weighted by molar-refractivity contribution is 5.66. The predicted molar refractivity (Wildman–Crippen MR) is 85.2 cm³/mol. The average molecular weight is 303 g/mol. The van der Waals surface area contributed by atoms with Gasteiger partial charge in [0.2, 0.25) is 0 Å². The second-order valence-electron chi connectivity index (χ2n) is 7.10. The van der Waals surface area contributed by atoms with Crippen LogP contribution in [0.15, 0.2) is 18.2 Å². The molecule has 0 spiro atoms. The fourth-order valence-corrected chi connectivity index (χ4v) is 4.41. The molecule has 1 fully saturated rings. The van der Waals surface area contributed by atoms with Gasteiger partial charge in [0.15, 0.2) is 0 Å². The number of carbonyl (C=O) groups is 1. The van der Waals surface area contributed by atoms with Gasteiger partial charge in [-0.1, -0.05) is 19.9 Å². The second-order valence-corrected chi connectivity index (χ2v) is 7.10. The van der Waals surface area contributed by atoms with Crippen LogP contribution in [-0.4, -0.2) is 40.2 Å². The maximum atomic E-state index is 10.7. The van der Waals surface area contributed by atoms with Crippen LogP contribution >= 0.6 is 0 Å². The number of phenolic OH excluding ortho intramolecular Hbond substituents is 1. The molecule has 1 aliphatic heterocycles. The molecule has 4 heteroatoms. The number of likely N-dealkylation sites (tertiary alicyclic amines) is 1. The van der Waals surface area contributed by atoms with E-state index in [1.807, 2.05) is 6.07 Å². The first-order valence-corrected chi connectivity index (χ1v) is 8.20. The summed E-state index contributed by atoms with van der Waals surface area (Å²) in [4.78, 5) is 13.2. The summed E-state index contributed by atoms with van der Waals surface area (Å²) >= 11 is 0. The van der Waals surface area contributed by atoms with Crippen LogP contribution in [0.5, 0.6) is 5.75 Å². The zero-order valence-electron chi connectivity index (χ0n) is 13.4. The highest BCUT2D eigenvalue weighted by atomic mass is 16.4. The fourth-order valence-electron chi connectivity index (χ4n) is 4.41. The SMILES string of the molecule is C[C@H]1C2Cc3ccc(O)cc3[C@@]1(C)CCN2CCCC(=O)O. The van der Waals surface area contributed by atoms with Gasteiger partial charge in [-0.2, -0.15) is 0 Å². The standard InChI is InChI=1S/C18H25NO3/c1-12-16-10-13-5-6-14(20)11-15(13)18(12,2)7-9-19(16)8-3-4-17(21)22/h5-6,11-12,16,20H,3-4,7-10H2,1-2H3,(H,21,22)/t12-,16?,18-/m0/s1. The van der Waals surface area contributed by atoms with Crippen LogP contribution in [0.1, 0.15) is 44.2 Å². The summed E-state index contributed by atoms with van der Waals surface area (Å²) in [5.74, 6) is 0.161. The van der Waals surface area contributed by atoms with Crippen molar-refractivity contribution in [3.05, 3.63) is 29.3 Å². The van der Waals surface area contributed by atoms with E-state index in [0.717, 1.165) is 32.4 Å². The number of rotatable bonds is 4. The fraction of sp³-hybridized carbons (Fsp3) is 0.611. The highest BCUT2D eigenvalue weighted by Gasteiger charge is 2.48. The third-order valence-electron chi connectivity index (χ3n) is 5.94. The molecule has 3 atom stereocenters. The zero-order chi connectivity index (χ0) is 15.9. The molecule has 2 aliphatic rings. The lowest BCUT2D eigenvalue weighted by Gasteiger charge is -2.54. The zero-order valence-corrected chi connectivity index (χ0v) is 13.4. The molecule has 3 rings (SSSR count). The predicted octanol–water partition coefficient (Wildman–Crippen LogP) is 2.78. The van der Waals surface area contributed by atoms with E-state index < -0.39 is 5.97 Å². The molecule has 2 bridgehead atoms. The highest BCUT2D eigenvalue weighted by Crippen LogP contribution is 2.49. The number of aliphatic carboxylic acids is 1. The van der Waals surface area contributed by atoms with E-state index in [1.165, 1.54) is 11.1 Å². The number of carboxylic acid groups (broad SMARTS) is 1. The lowest BCUT2D eigenvalue weighted by molar-refractivity contribution is -0.137. The maximum absolute atomic E-state index is 10.7. The Kier molecular flexibility index (Phi) is 3.89. The first-order valence-electron chi connectivity index (χ1n) is 8.20. The third kappa shape index (κ3) is 2.50. The smallest absolute Gasteiger partial charge is 0.303 e. The monoisotopic (exact) mass is 303 g/mol. The third-order valence-corrected chi connectivity index (χ3v) is 5.94. The van der Waals surface area contributed by atoms with Crippen molar-refractivity contribution in [2.45, 2.75) is 51.0 Å². The normalized spacial score (nSPS) is 30.8. The van der Waals surface area contributed by atoms with Crippen LogP contribution in [0.25, 0.3) is 0 Å². The van der Waals surface area contributed by atoms with Crippen molar-refractivity contribution in [2.24, 2.45) is 5.92 Å². The van der Waals surface area contributed by atoms with Crippen molar-refractivity contribution in [1.82, 2.24) is 4.90 Å². The van der Waals surface area contributed by atoms with Crippen LogP contribution < -0.4 is 0 Å². The van der Waals surface area contributed by atoms with Gasteiger partial charge in [-0.25, -0.2) is 0 Å². The molecule has 2 N–H and O–H groups in total. The molecule has 1 aliphatic carbocycles. The number of benzene rings is 1. The van der Waals surface area contributed by atoms with Gasteiger partial charge in [-0.05, 0) is 66.9 Å². The molecule has 0 saturated carbocycles. The van der Waals surface area contributed by atoms with Crippen LogP contribution in [0, 0.1) is 5.92 Å². The Balaban J connectivity index is 1.83. The van der Waals surface area contributed by atoms with Gasteiger partial charge in [0.05, 0.1) is 0 Å². The van der Waals surface area contributed by atoms with Gasteiger partial charge in [0.25, 0.3) is 0 Å². The molecular formula is C18H25NO3. The van der Waals surface area contributed by atoms with E-state index in [-0.39, 0.29) is 11.8 Å². The van der Waals surface area contributed by atoms with Crippen molar-refractivity contribution in [3.63, 3.8) is 0 Å². The minimum Gasteiger partial charge on any atom is -0.508 e. The summed E-state index contributed by atoms with van der Waals surface area (Å²) in [5.41, 5.74) is 2.76. The van der Waals surface area contributed by atoms with Crippen molar-refractivity contribution in [2.75, 3.05) is 13.1 Å². The Morgan fingerprint density at radius 3 is 2.95 bits per heavy atom. The van der Waals surface area contributed by atoms with Gasteiger partial charge in [-0.3, -0.25) is 9.69 Å². The van der Waals surface area contributed by atoms with Crippen LogP contribution in [0.2, 0.25) is 0 Å². The summed E-state index contributed by atoms with van der Waals surface area (Å²) in [5, 5.41) is 18.7. The Hall–Kier alpha value is -1.55. The number of aromatic hydroxyl groups is 1. The molecule has 120 valence electrons. The Morgan fingerprint density at radius 1 is 1.45 bits per heavy atom. The van der Waals surface area contributed by atoms with E-state index in [2.05, 4.69) is 24.8 Å². The molecule has 0 aromatic heterocycles. The Morgan fingerprint density at radius 2 is 2.23 bits per heavy atom. The topological polar surface area (TPSA) is 60.8 Å². The van der Waals surface area contributed by atoms with E-state index >= 15 is 0 Å².